The largest absolute Gasteiger partial charge is 0.349 e. The second kappa shape index (κ2) is 5.02. The predicted molar refractivity (Wildman–Crippen MR) is 73.5 cm³/mol. The minimum absolute atomic E-state index is 0.882. The molecule has 0 aromatic carbocycles. The summed E-state index contributed by atoms with van der Waals surface area (Å²) in [6.45, 7) is 7.49. The van der Waals surface area contributed by atoms with Gasteiger partial charge in [-0.2, -0.15) is 0 Å². The number of anilines is 1. The Morgan fingerprint density at radius 1 is 1.35 bits per heavy atom. The minimum Gasteiger partial charge on any atom is -0.349 e. The quantitative estimate of drug-likeness (QED) is 0.795. The molecule has 1 aliphatic heterocycles. The molecule has 0 atom stereocenters. The van der Waals surface area contributed by atoms with Gasteiger partial charge in [-0.15, -0.1) is 0 Å². The Kier molecular flexibility index (Phi) is 3.64. The van der Waals surface area contributed by atoms with Gasteiger partial charge in [0.05, 0.1) is 20.6 Å². The van der Waals surface area contributed by atoms with Crippen molar-refractivity contribution >= 4 is 11.5 Å². The summed E-state index contributed by atoms with van der Waals surface area (Å²) in [7, 11) is 4.48. The van der Waals surface area contributed by atoms with Crippen LogP contribution in [-0.2, 0) is 0 Å². The molecule has 0 bridgehead atoms. The summed E-state index contributed by atoms with van der Waals surface area (Å²) in [5.41, 5.74) is 1.32. The summed E-state index contributed by atoms with van der Waals surface area (Å²) in [6.07, 6.45) is 1.90. The third-order valence-electron chi connectivity index (χ3n) is 3.63. The van der Waals surface area contributed by atoms with Gasteiger partial charge in [-0.1, -0.05) is 0 Å². The number of pyridine rings is 1. The molecule has 2 heterocycles. The van der Waals surface area contributed by atoms with Gasteiger partial charge in [0, 0.05) is 38.4 Å². The van der Waals surface area contributed by atoms with Crippen molar-refractivity contribution < 1.29 is 0 Å². The Morgan fingerprint density at radius 2 is 2.06 bits per heavy atom. The smallest absolute Gasteiger partial charge is 0.191 e. The first kappa shape index (κ1) is 12.3. The molecular weight excluding hydrogens is 212 g/mol. The molecule has 1 saturated heterocycles. The van der Waals surface area contributed by atoms with E-state index in [2.05, 4.69) is 42.3 Å². The van der Waals surface area contributed by atoms with E-state index in [9.17, 15) is 0 Å². The van der Waals surface area contributed by atoms with E-state index in [1.807, 2.05) is 12.3 Å². The number of rotatable bonds is 3. The summed E-state index contributed by atoms with van der Waals surface area (Å²) in [5, 5.41) is 3.38. The zero-order valence-electron chi connectivity index (χ0n) is 11.1. The van der Waals surface area contributed by atoms with E-state index in [1.165, 1.54) is 5.69 Å². The van der Waals surface area contributed by atoms with E-state index in [0.717, 1.165) is 43.0 Å². The molecule has 0 unspecified atom stereocenters. The maximum Gasteiger partial charge on any atom is 0.191 e. The van der Waals surface area contributed by atoms with Crippen molar-refractivity contribution in [3.63, 3.8) is 0 Å². The summed E-state index contributed by atoms with van der Waals surface area (Å²) in [6, 6.07) is 4.24. The molecule has 94 valence electrons. The van der Waals surface area contributed by atoms with Crippen LogP contribution in [0.15, 0.2) is 18.3 Å². The fourth-order valence-corrected chi connectivity index (χ4v) is 2.15. The number of hydrogen-bond donors (Lipinski definition) is 1. The summed E-state index contributed by atoms with van der Waals surface area (Å²) < 4.78 is 0.882. The van der Waals surface area contributed by atoms with Crippen LogP contribution in [0.3, 0.4) is 0 Å². The number of aromatic nitrogens is 1. The minimum atomic E-state index is 0.882. The lowest BCUT2D eigenvalue weighted by Gasteiger charge is -2.34. The Morgan fingerprint density at radius 3 is 2.71 bits per heavy atom. The SMILES string of the molecule is CC[N+](C)(C)c1cccnc1N1CCNCC1. The van der Waals surface area contributed by atoms with Crippen LogP contribution >= 0.6 is 0 Å². The van der Waals surface area contributed by atoms with Crippen LogP contribution in [0.5, 0.6) is 0 Å². The fourth-order valence-electron chi connectivity index (χ4n) is 2.15. The Bertz CT molecular complexity index is 369. The van der Waals surface area contributed by atoms with Gasteiger partial charge in [-0.3, -0.25) is 4.48 Å². The maximum absolute atomic E-state index is 4.60. The Balaban J connectivity index is 2.33. The molecule has 17 heavy (non-hydrogen) atoms. The molecule has 1 aromatic rings. The maximum atomic E-state index is 4.60. The zero-order chi connectivity index (χ0) is 12.3. The fraction of sp³-hybridized carbons (Fsp3) is 0.615. The summed E-state index contributed by atoms with van der Waals surface area (Å²) in [4.78, 5) is 6.99. The van der Waals surface area contributed by atoms with E-state index in [-0.39, 0.29) is 0 Å². The molecule has 0 spiro atoms. The van der Waals surface area contributed by atoms with Gasteiger partial charge >= 0.3 is 0 Å². The van der Waals surface area contributed by atoms with Crippen LogP contribution < -0.4 is 14.7 Å². The van der Waals surface area contributed by atoms with Crippen molar-refractivity contribution in [2.45, 2.75) is 6.92 Å². The highest BCUT2D eigenvalue weighted by atomic mass is 15.3. The first-order valence-electron chi connectivity index (χ1n) is 6.39. The van der Waals surface area contributed by atoms with Crippen molar-refractivity contribution in [2.24, 2.45) is 0 Å². The molecule has 1 fully saturated rings. The van der Waals surface area contributed by atoms with Crippen LogP contribution in [0, 0.1) is 0 Å². The highest BCUT2D eigenvalue weighted by Crippen LogP contribution is 2.29. The van der Waals surface area contributed by atoms with Crippen LogP contribution in [0.4, 0.5) is 11.5 Å². The standard InChI is InChI=1S/C13H23N4/c1-4-17(2,3)12-6-5-7-15-13(12)16-10-8-14-9-11-16/h5-7,14H,4,8-11H2,1-3H3/q+1. The van der Waals surface area contributed by atoms with Crippen LogP contribution in [-0.4, -0.2) is 51.8 Å². The average Bonchev–Trinajstić information content (AvgIpc) is 2.40. The Labute approximate surface area is 104 Å². The zero-order valence-corrected chi connectivity index (χ0v) is 11.1. The van der Waals surface area contributed by atoms with Crippen LogP contribution in [0.1, 0.15) is 6.92 Å². The second-order valence-corrected chi connectivity index (χ2v) is 5.08. The molecule has 0 saturated carbocycles. The highest BCUT2D eigenvalue weighted by Gasteiger charge is 2.25. The highest BCUT2D eigenvalue weighted by molar-refractivity contribution is 5.64. The van der Waals surface area contributed by atoms with Gasteiger partial charge in [0.25, 0.3) is 0 Å². The first-order chi connectivity index (χ1) is 8.15. The average molecular weight is 235 g/mol. The number of nitrogens with zero attached hydrogens (tertiary/aromatic N) is 3. The lowest BCUT2D eigenvalue weighted by atomic mass is 10.2. The number of piperazine rings is 1. The van der Waals surface area contributed by atoms with E-state index < -0.39 is 0 Å². The second-order valence-electron chi connectivity index (χ2n) is 5.08. The van der Waals surface area contributed by atoms with E-state index in [1.54, 1.807) is 0 Å². The van der Waals surface area contributed by atoms with Gasteiger partial charge in [0.1, 0.15) is 0 Å². The third kappa shape index (κ3) is 2.58. The van der Waals surface area contributed by atoms with E-state index in [0.29, 0.717) is 0 Å². The molecule has 2 rings (SSSR count). The van der Waals surface area contributed by atoms with Crippen molar-refractivity contribution in [3.8, 4) is 0 Å². The van der Waals surface area contributed by atoms with Crippen molar-refractivity contribution in [3.05, 3.63) is 18.3 Å². The number of hydrogen-bond acceptors (Lipinski definition) is 3. The van der Waals surface area contributed by atoms with Crippen molar-refractivity contribution in [1.29, 1.82) is 0 Å². The van der Waals surface area contributed by atoms with Crippen molar-refractivity contribution in [1.82, 2.24) is 14.8 Å². The third-order valence-corrected chi connectivity index (χ3v) is 3.63. The topological polar surface area (TPSA) is 28.2 Å². The molecule has 1 aromatic heterocycles. The summed E-state index contributed by atoms with van der Waals surface area (Å²) >= 11 is 0. The van der Waals surface area contributed by atoms with Gasteiger partial charge < -0.3 is 10.2 Å². The van der Waals surface area contributed by atoms with Crippen LogP contribution in [0.25, 0.3) is 0 Å². The van der Waals surface area contributed by atoms with Gasteiger partial charge in [0.2, 0.25) is 0 Å². The number of quaternary nitrogens is 1. The van der Waals surface area contributed by atoms with E-state index in [4.69, 9.17) is 0 Å². The Hall–Kier alpha value is -1.13. The van der Waals surface area contributed by atoms with Gasteiger partial charge in [-0.05, 0) is 13.0 Å². The van der Waals surface area contributed by atoms with Gasteiger partial charge in [-0.25, -0.2) is 4.98 Å². The van der Waals surface area contributed by atoms with E-state index >= 15 is 0 Å². The predicted octanol–water partition coefficient (Wildman–Crippen LogP) is 1.08. The molecule has 4 heteroatoms. The monoisotopic (exact) mass is 235 g/mol. The normalized spacial score (nSPS) is 17.2. The van der Waals surface area contributed by atoms with Crippen molar-refractivity contribution in [2.75, 3.05) is 51.7 Å². The lowest BCUT2D eigenvalue weighted by Crippen LogP contribution is -2.46. The first-order valence-corrected chi connectivity index (χ1v) is 6.39. The molecular formula is C13H23N4+. The molecule has 0 amide bonds. The molecule has 0 radical (unpaired) electrons. The summed E-state index contributed by atoms with van der Waals surface area (Å²) in [5.74, 6) is 1.15. The molecule has 1 aliphatic rings. The number of nitrogens with one attached hydrogen (secondary N) is 1. The molecule has 0 aliphatic carbocycles. The van der Waals surface area contributed by atoms with Crippen LogP contribution in [0.2, 0.25) is 0 Å². The van der Waals surface area contributed by atoms with Gasteiger partial charge in [0.15, 0.2) is 11.5 Å². The lowest BCUT2D eigenvalue weighted by molar-refractivity contribution is 0.418. The molecule has 4 nitrogen and oxygen atoms in total. The molecule has 1 N–H and O–H groups in total.